The molecule has 22 heavy (non-hydrogen) atoms. The van der Waals surface area contributed by atoms with Gasteiger partial charge in [0.25, 0.3) is 0 Å². The zero-order valence-electron chi connectivity index (χ0n) is 13.1. The van der Waals surface area contributed by atoms with Crippen molar-refractivity contribution in [3.63, 3.8) is 0 Å². The van der Waals surface area contributed by atoms with Crippen molar-refractivity contribution in [2.45, 2.75) is 13.7 Å². The minimum Gasteiger partial charge on any atom is -0.0790 e. The minimum atomic E-state index is 0.351. The van der Waals surface area contributed by atoms with Crippen molar-refractivity contribution >= 4 is 40.7 Å². The highest BCUT2D eigenvalue weighted by Gasteiger charge is 2.34. The molecule has 0 aliphatic carbocycles. The third kappa shape index (κ3) is 2.02. The number of fused-ring (bicyclic) bond motifs is 2. The summed E-state index contributed by atoms with van der Waals surface area (Å²) in [6, 6.07) is 26.8. The van der Waals surface area contributed by atoms with Crippen LogP contribution >= 0.6 is 0 Å². The van der Waals surface area contributed by atoms with Gasteiger partial charge in [0.15, 0.2) is 0 Å². The van der Waals surface area contributed by atoms with Gasteiger partial charge in [-0.1, -0.05) is 112 Å². The van der Waals surface area contributed by atoms with E-state index in [1.54, 1.807) is 0 Å². The van der Waals surface area contributed by atoms with Crippen LogP contribution in [0.3, 0.4) is 0 Å². The fraction of sp³-hybridized carbons (Fsp3) is 0.100. The Bertz CT molecular complexity index is 774. The molecule has 0 aromatic heterocycles. The molecule has 0 unspecified atom stereocenters. The lowest BCUT2D eigenvalue weighted by Gasteiger charge is -2.30. The molecule has 1 heterocycles. The summed E-state index contributed by atoms with van der Waals surface area (Å²) in [4.78, 5) is 0. The van der Waals surface area contributed by atoms with Crippen molar-refractivity contribution in [3.05, 3.63) is 78.4 Å². The fourth-order valence-corrected chi connectivity index (χ4v) is 3.79. The molecule has 0 fully saturated rings. The second-order valence-electron chi connectivity index (χ2n) is 6.32. The molecular formula is C20H18B2. The van der Waals surface area contributed by atoms with Gasteiger partial charge in [-0.05, 0) is 6.92 Å². The second kappa shape index (κ2) is 5.21. The summed E-state index contributed by atoms with van der Waals surface area (Å²) in [5, 5.41) is 0. The maximum absolute atomic E-state index is 2.32. The molecule has 0 nitrogen and oxygen atoms in total. The number of benzene rings is 3. The summed E-state index contributed by atoms with van der Waals surface area (Å²) in [7, 11) is 0. The van der Waals surface area contributed by atoms with Gasteiger partial charge in [0.05, 0.1) is 0 Å². The van der Waals surface area contributed by atoms with Gasteiger partial charge < -0.3 is 0 Å². The van der Waals surface area contributed by atoms with Gasteiger partial charge in [-0.15, -0.1) is 0 Å². The summed E-state index contributed by atoms with van der Waals surface area (Å²) >= 11 is 0. The molecule has 4 rings (SSSR count). The molecule has 0 amide bonds. The smallest absolute Gasteiger partial charge is 0.0790 e. The van der Waals surface area contributed by atoms with E-state index in [1.807, 2.05) is 0 Å². The van der Waals surface area contributed by atoms with Crippen LogP contribution < -0.4 is 27.3 Å². The van der Waals surface area contributed by atoms with Crippen molar-refractivity contribution in [3.8, 4) is 0 Å². The fourth-order valence-electron chi connectivity index (χ4n) is 3.79. The van der Waals surface area contributed by atoms with Crippen molar-refractivity contribution < 1.29 is 0 Å². The topological polar surface area (TPSA) is 0 Å². The lowest BCUT2D eigenvalue weighted by molar-refractivity contribution is 1.49. The number of aryl methyl sites for hydroxylation is 1. The molecule has 3 aromatic rings. The molecular weight excluding hydrogens is 262 g/mol. The highest BCUT2D eigenvalue weighted by molar-refractivity contribution is 7.07. The highest BCUT2D eigenvalue weighted by atomic mass is 14.1. The van der Waals surface area contributed by atoms with Gasteiger partial charge >= 0.3 is 0 Å². The monoisotopic (exact) mass is 280 g/mol. The predicted octanol–water partition coefficient (Wildman–Crippen LogP) is 1.06. The van der Waals surface area contributed by atoms with Gasteiger partial charge in [-0.3, -0.25) is 0 Å². The molecule has 0 N–H and O–H groups in total. The van der Waals surface area contributed by atoms with Crippen molar-refractivity contribution in [2.24, 2.45) is 0 Å². The van der Waals surface area contributed by atoms with Crippen LogP contribution in [0.1, 0.15) is 5.56 Å². The average Bonchev–Trinajstić information content (AvgIpc) is 2.57. The van der Waals surface area contributed by atoms with Crippen LogP contribution in [0.15, 0.2) is 72.8 Å². The van der Waals surface area contributed by atoms with E-state index < -0.39 is 0 Å². The van der Waals surface area contributed by atoms with Crippen LogP contribution in [-0.4, -0.2) is 13.4 Å². The van der Waals surface area contributed by atoms with E-state index in [0.717, 1.165) is 0 Å². The Morgan fingerprint density at radius 3 is 1.55 bits per heavy atom. The van der Waals surface area contributed by atoms with Crippen LogP contribution in [0.5, 0.6) is 0 Å². The van der Waals surface area contributed by atoms with Crippen molar-refractivity contribution in [2.75, 3.05) is 0 Å². The molecule has 1 aliphatic rings. The lowest BCUT2D eigenvalue weighted by atomic mass is 9.23. The molecule has 104 valence electrons. The first-order chi connectivity index (χ1) is 10.8. The lowest BCUT2D eigenvalue weighted by Crippen LogP contribution is -2.71. The van der Waals surface area contributed by atoms with Gasteiger partial charge in [0.2, 0.25) is 13.4 Å². The maximum Gasteiger partial charge on any atom is 0.239 e. The molecule has 0 atom stereocenters. The Balaban J connectivity index is 1.98. The summed E-state index contributed by atoms with van der Waals surface area (Å²) in [5.41, 5.74) is 8.54. The summed E-state index contributed by atoms with van der Waals surface area (Å²) < 4.78 is 0. The van der Waals surface area contributed by atoms with Crippen LogP contribution in [0.2, 0.25) is 6.82 Å². The van der Waals surface area contributed by atoms with E-state index >= 15 is 0 Å². The summed E-state index contributed by atoms with van der Waals surface area (Å²) in [6.45, 7) is 5.29. The molecule has 0 saturated heterocycles. The third-order valence-electron chi connectivity index (χ3n) is 4.96. The zero-order valence-corrected chi connectivity index (χ0v) is 13.1. The SMILES string of the molecule is CB1c2ccccc2B(c2ccc(C)cc2)c2ccccc21. The van der Waals surface area contributed by atoms with Crippen LogP contribution in [0.25, 0.3) is 0 Å². The Morgan fingerprint density at radius 1 is 0.591 bits per heavy atom. The Kier molecular flexibility index (Phi) is 3.18. The number of hydrogen-bond donors (Lipinski definition) is 0. The highest BCUT2D eigenvalue weighted by Crippen LogP contribution is 2.02. The first-order valence-electron chi connectivity index (χ1n) is 8.00. The quantitative estimate of drug-likeness (QED) is 0.585. The summed E-state index contributed by atoms with van der Waals surface area (Å²) in [5.74, 6) is 0. The van der Waals surface area contributed by atoms with Gasteiger partial charge in [0, 0.05) is 0 Å². The van der Waals surface area contributed by atoms with Gasteiger partial charge in [-0.2, -0.15) is 0 Å². The van der Waals surface area contributed by atoms with E-state index in [1.165, 1.54) is 32.9 Å². The van der Waals surface area contributed by atoms with E-state index in [9.17, 15) is 0 Å². The largest absolute Gasteiger partial charge is 0.239 e. The Labute approximate surface area is 133 Å². The number of rotatable bonds is 1. The summed E-state index contributed by atoms with van der Waals surface area (Å²) in [6.07, 6.45) is 0. The average molecular weight is 280 g/mol. The number of hydrogen-bond acceptors (Lipinski definition) is 0. The third-order valence-corrected chi connectivity index (χ3v) is 4.96. The molecule has 0 saturated carbocycles. The first-order valence-corrected chi connectivity index (χ1v) is 8.00. The van der Waals surface area contributed by atoms with E-state index in [-0.39, 0.29) is 0 Å². The van der Waals surface area contributed by atoms with Crippen molar-refractivity contribution in [1.82, 2.24) is 0 Å². The first kappa shape index (κ1) is 13.5. The van der Waals surface area contributed by atoms with E-state index in [0.29, 0.717) is 13.4 Å². The van der Waals surface area contributed by atoms with Gasteiger partial charge in [0.1, 0.15) is 0 Å². The molecule has 0 radical (unpaired) electrons. The standard InChI is InChI=1S/C20H18B2/c1-15-11-13-16(14-12-15)22-19-9-5-3-7-17(19)21(2)18-8-4-6-10-20(18)22/h3-14H,1-2H3. The Morgan fingerprint density at radius 2 is 1.05 bits per heavy atom. The van der Waals surface area contributed by atoms with Crippen molar-refractivity contribution in [1.29, 1.82) is 0 Å². The van der Waals surface area contributed by atoms with E-state index in [4.69, 9.17) is 0 Å². The zero-order chi connectivity index (χ0) is 15.1. The molecule has 3 aromatic carbocycles. The molecule has 2 heteroatoms. The second-order valence-corrected chi connectivity index (χ2v) is 6.32. The van der Waals surface area contributed by atoms with Crippen LogP contribution in [0.4, 0.5) is 0 Å². The van der Waals surface area contributed by atoms with Crippen LogP contribution in [0, 0.1) is 6.92 Å². The van der Waals surface area contributed by atoms with Gasteiger partial charge in [-0.25, -0.2) is 0 Å². The molecule has 1 aliphatic heterocycles. The van der Waals surface area contributed by atoms with E-state index in [2.05, 4.69) is 86.5 Å². The molecule has 0 bridgehead atoms. The molecule has 0 spiro atoms. The predicted molar refractivity (Wildman–Crippen MR) is 99.6 cm³/mol. The minimum absolute atomic E-state index is 0.351. The van der Waals surface area contributed by atoms with Crippen LogP contribution in [-0.2, 0) is 0 Å². The Hall–Kier alpha value is -2.21. The normalized spacial score (nSPS) is 12.8. The maximum atomic E-state index is 2.32.